The van der Waals surface area contributed by atoms with Gasteiger partial charge in [0.25, 0.3) is 0 Å². The molecule has 20 heavy (non-hydrogen) atoms. The largest absolute Gasteiger partial charge is 0.319 e. The summed E-state index contributed by atoms with van der Waals surface area (Å²) in [6.45, 7) is 9.87. The maximum Gasteiger partial charge on any atom is 0.131 e. The fraction of sp³-hybridized carbons (Fsp3) is 0.765. The molecule has 2 rings (SSSR count). The first-order valence-electron chi connectivity index (χ1n) is 8.02. The Bertz CT molecular complexity index is 425. The van der Waals surface area contributed by atoms with E-state index in [4.69, 9.17) is 9.97 Å². The van der Waals surface area contributed by atoms with E-state index in [2.05, 4.69) is 33.0 Å². The van der Waals surface area contributed by atoms with E-state index >= 15 is 0 Å². The predicted octanol–water partition coefficient (Wildman–Crippen LogP) is 3.71. The molecule has 3 nitrogen and oxygen atoms in total. The summed E-state index contributed by atoms with van der Waals surface area (Å²) in [6.07, 6.45) is 5.16. The van der Waals surface area contributed by atoms with Gasteiger partial charge in [0.1, 0.15) is 5.82 Å². The average Bonchev–Trinajstić information content (AvgIpc) is 2.39. The van der Waals surface area contributed by atoms with Gasteiger partial charge in [-0.1, -0.05) is 26.7 Å². The third kappa shape index (κ3) is 3.38. The van der Waals surface area contributed by atoms with Crippen LogP contribution in [0.3, 0.4) is 0 Å². The lowest BCUT2D eigenvalue weighted by molar-refractivity contribution is 0.339. The molecule has 1 N–H and O–H groups in total. The molecule has 1 aromatic rings. The van der Waals surface area contributed by atoms with Crippen LogP contribution >= 0.6 is 0 Å². The summed E-state index contributed by atoms with van der Waals surface area (Å²) in [7, 11) is 2.00. The smallest absolute Gasteiger partial charge is 0.131 e. The third-order valence-corrected chi connectivity index (χ3v) is 4.73. The molecule has 0 radical (unpaired) electrons. The van der Waals surface area contributed by atoms with Crippen molar-refractivity contribution in [2.24, 2.45) is 5.92 Å². The predicted molar refractivity (Wildman–Crippen MR) is 84.2 cm³/mol. The zero-order chi connectivity index (χ0) is 14.7. The first-order valence-corrected chi connectivity index (χ1v) is 8.02. The molecule has 1 aromatic heterocycles. The highest BCUT2D eigenvalue weighted by atomic mass is 14.9. The molecule has 1 unspecified atom stereocenters. The molecule has 1 aliphatic rings. The minimum absolute atomic E-state index is 0.473. The molecule has 0 amide bonds. The number of hydrogen-bond donors (Lipinski definition) is 1. The molecule has 0 saturated heterocycles. The average molecular weight is 275 g/mol. The van der Waals surface area contributed by atoms with Gasteiger partial charge >= 0.3 is 0 Å². The van der Waals surface area contributed by atoms with Crippen molar-refractivity contribution in [3.8, 4) is 0 Å². The van der Waals surface area contributed by atoms with Gasteiger partial charge in [0, 0.05) is 23.9 Å². The summed E-state index contributed by atoms with van der Waals surface area (Å²) >= 11 is 0. The molecular formula is C17H29N3. The first-order chi connectivity index (χ1) is 9.52. The van der Waals surface area contributed by atoms with Crippen LogP contribution in [0.15, 0.2) is 0 Å². The highest BCUT2D eigenvalue weighted by molar-refractivity contribution is 5.29. The van der Waals surface area contributed by atoms with E-state index in [0.29, 0.717) is 11.8 Å². The van der Waals surface area contributed by atoms with E-state index < -0.39 is 0 Å². The van der Waals surface area contributed by atoms with Gasteiger partial charge in [0.15, 0.2) is 0 Å². The van der Waals surface area contributed by atoms with Gasteiger partial charge in [-0.05, 0) is 51.1 Å². The minimum Gasteiger partial charge on any atom is -0.319 e. The van der Waals surface area contributed by atoms with Crippen molar-refractivity contribution in [1.82, 2.24) is 15.3 Å². The minimum atomic E-state index is 0.473. The molecule has 112 valence electrons. The number of nitrogens with one attached hydrogen (secondary N) is 1. The molecule has 0 bridgehead atoms. The summed E-state index contributed by atoms with van der Waals surface area (Å²) in [4.78, 5) is 9.69. The lowest BCUT2D eigenvalue weighted by atomic mass is 9.82. The Morgan fingerprint density at radius 1 is 1.10 bits per heavy atom. The number of aromatic nitrogens is 2. The van der Waals surface area contributed by atoms with E-state index in [1.54, 1.807) is 0 Å². The Kier molecular flexibility index (Phi) is 5.14. The Morgan fingerprint density at radius 3 is 2.15 bits per heavy atom. The van der Waals surface area contributed by atoms with Gasteiger partial charge in [0.05, 0.1) is 0 Å². The van der Waals surface area contributed by atoms with Gasteiger partial charge in [-0.2, -0.15) is 0 Å². The monoisotopic (exact) mass is 275 g/mol. The zero-order valence-corrected chi connectivity index (χ0v) is 13.7. The van der Waals surface area contributed by atoms with Crippen LogP contribution < -0.4 is 5.32 Å². The number of hydrogen-bond acceptors (Lipinski definition) is 3. The molecule has 0 aromatic carbocycles. The highest BCUT2D eigenvalue weighted by Crippen LogP contribution is 2.34. The normalized spacial score (nSPS) is 24.6. The number of likely N-dealkylation sites (N-methyl/N-ethyl adjacent to an activating group) is 1. The van der Waals surface area contributed by atoms with Crippen molar-refractivity contribution in [3.63, 3.8) is 0 Å². The molecular weight excluding hydrogens is 246 g/mol. The molecule has 1 aliphatic carbocycles. The number of aryl methyl sites for hydroxylation is 2. The second-order valence-corrected chi connectivity index (χ2v) is 6.58. The second kappa shape index (κ2) is 6.66. The van der Waals surface area contributed by atoms with E-state index in [1.165, 1.54) is 42.6 Å². The van der Waals surface area contributed by atoms with Crippen molar-refractivity contribution in [1.29, 1.82) is 0 Å². The van der Waals surface area contributed by atoms with Gasteiger partial charge in [-0.15, -0.1) is 0 Å². The van der Waals surface area contributed by atoms with Gasteiger partial charge in [0.2, 0.25) is 0 Å². The Morgan fingerprint density at radius 2 is 1.65 bits per heavy atom. The van der Waals surface area contributed by atoms with Crippen LogP contribution in [0, 0.1) is 19.8 Å². The summed E-state index contributed by atoms with van der Waals surface area (Å²) in [5, 5.41) is 3.25. The molecule has 0 spiro atoms. The highest BCUT2D eigenvalue weighted by Gasteiger charge is 2.23. The lowest BCUT2D eigenvalue weighted by Gasteiger charge is -2.26. The fourth-order valence-electron chi connectivity index (χ4n) is 3.57. The van der Waals surface area contributed by atoms with Crippen molar-refractivity contribution in [2.45, 2.75) is 65.2 Å². The van der Waals surface area contributed by atoms with E-state index in [9.17, 15) is 0 Å². The molecule has 1 heterocycles. The van der Waals surface area contributed by atoms with Crippen LogP contribution in [0.4, 0.5) is 0 Å². The first kappa shape index (κ1) is 15.4. The molecule has 1 saturated carbocycles. The Labute approximate surface area is 123 Å². The standard InChI is InChI=1S/C17H29N3/c1-11-6-8-15(9-7-11)17-19-13(3)16(14(4)20-17)12(2)10-18-5/h11-12,15,18H,6-10H2,1-5H3. The van der Waals surface area contributed by atoms with Crippen LogP contribution in [0.2, 0.25) is 0 Å². The van der Waals surface area contributed by atoms with Crippen LogP contribution in [0.5, 0.6) is 0 Å². The van der Waals surface area contributed by atoms with E-state index in [-0.39, 0.29) is 0 Å². The van der Waals surface area contributed by atoms with Crippen LogP contribution in [-0.2, 0) is 0 Å². The Balaban J connectivity index is 2.21. The SMILES string of the molecule is CNCC(C)c1c(C)nc(C2CCC(C)CC2)nc1C. The summed E-state index contributed by atoms with van der Waals surface area (Å²) < 4.78 is 0. The molecule has 0 aliphatic heterocycles. The van der Waals surface area contributed by atoms with Crippen molar-refractivity contribution in [2.75, 3.05) is 13.6 Å². The van der Waals surface area contributed by atoms with Crippen LogP contribution in [0.25, 0.3) is 0 Å². The fourth-order valence-corrected chi connectivity index (χ4v) is 3.57. The van der Waals surface area contributed by atoms with Crippen molar-refractivity contribution < 1.29 is 0 Å². The van der Waals surface area contributed by atoms with Gasteiger partial charge in [-0.25, -0.2) is 9.97 Å². The van der Waals surface area contributed by atoms with Crippen LogP contribution in [0.1, 0.15) is 74.1 Å². The topological polar surface area (TPSA) is 37.8 Å². The second-order valence-electron chi connectivity index (χ2n) is 6.58. The van der Waals surface area contributed by atoms with Gasteiger partial charge < -0.3 is 5.32 Å². The zero-order valence-electron chi connectivity index (χ0n) is 13.7. The Hall–Kier alpha value is -0.960. The molecule has 1 fully saturated rings. The van der Waals surface area contributed by atoms with E-state index in [0.717, 1.165) is 18.3 Å². The maximum atomic E-state index is 4.85. The maximum absolute atomic E-state index is 4.85. The number of rotatable bonds is 4. The third-order valence-electron chi connectivity index (χ3n) is 4.73. The quantitative estimate of drug-likeness (QED) is 0.910. The van der Waals surface area contributed by atoms with Crippen molar-refractivity contribution in [3.05, 3.63) is 22.8 Å². The summed E-state index contributed by atoms with van der Waals surface area (Å²) in [6, 6.07) is 0. The molecule has 3 heteroatoms. The van der Waals surface area contributed by atoms with Crippen molar-refractivity contribution >= 4 is 0 Å². The van der Waals surface area contributed by atoms with Gasteiger partial charge in [-0.3, -0.25) is 0 Å². The summed E-state index contributed by atoms with van der Waals surface area (Å²) in [5.74, 6) is 3.02. The van der Waals surface area contributed by atoms with E-state index in [1.807, 2.05) is 7.05 Å². The lowest BCUT2D eigenvalue weighted by Crippen LogP contribution is -2.20. The molecule has 1 atom stereocenters. The van der Waals surface area contributed by atoms with Crippen LogP contribution in [-0.4, -0.2) is 23.6 Å². The summed E-state index contributed by atoms with van der Waals surface area (Å²) in [5.41, 5.74) is 3.68. The number of nitrogens with zero attached hydrogens (tertiary/aromatic N) is 2.